The average Bonchev–Trinajstić information content (AvgIpc) is 2.34. The van der Waals surface area contributed by atoms with Crippen molar-refractivity contribution in [2.24, 2.45) is 0 Å². The molecule has 0 spiro atoms. The number of rotatable bonds is 6. The summed E-state index contributed by atoms with van der Waals surface area (Å²) in [6, 6.07) is 3.42. The third-order valence-corrected chi connectivity index (χ3v) is 2.92. The number of halogens is 2. The van der Waals surface area contributed by atoms with Gasteiger partial charge in [-0.1, -0.05) is 11.6 Å². The van der Waals surface area contributed by atoms with Crippen LogP contribution in [0, 0.1) is 0 Å². The van der Waals surface area contributed by atoms with Gasteiger partial charge in [-0.2, -0.15) is 0 Å². The normalized spacial score (nSPS) is 11.7. The maximum atomic E-state index is 11.4. The molecule has 0 saturated heterocycles. The quantitative estimate of drug-likeness (QED) is 0.711. The van der Waals surface area contributed by atoms with Gasteiger partial charge in [0, 0.05) is 5.02 Å². The molecule has 1 amide bonds. The molecule has 0 aliphatic rings. The molecule has 0 radical (unpaired) electrons. The highest BCUT2D eigenvalue weighted by Gasteiger charge is 2.18. The molecule has 0 aliphatic carbocycles. The predicted molar refractivity (Wildman–Crippen MR) is 71.3 cm³/mol. The zero-order chi connectivity index (χ0) is 14.4. The van der Waals surface area contributed by atoms with Gasteiger partial charge in [0.15, 0.2) is 6.61 Å². The lowest BCUT2D eigenvalue weighted by molar-refractivity contribution is -0.143. The molecule has 1 rings (SSSR count). The second-order valence-corrected chi connectivity index (χ2v) is 4.80. The molecule has 1 unspecified atom stereocenters. The van der Waals surface area contributed by atoms with Gasteiger partial charge in [-0.15, -0.1) is 0 Å². The van der Waals surface area contributed by atoms with Crippen molar-refractivity contribution in [3.63, 3.8) is 0 Å². The van der Waals surface area contributed by atoms with Gasteiger partial charge < -0.3 is 20.3 Å². The highest BCUT2D eigenvalue weighted by Crippen LogP contribution is 2.27. The summed E-state index contributed by atoms with van der Waals surface area (Å²) in [6.07, 6.45) is 0. The monoisotopic (exact) mass is 351 g/mol. The molecule has 0 aromatic heterocycles. The van der Waals surface area contributed by atoms with Gasteiger partial charge in [0.05, 0.1) is 11.1 Å². The van der Waals surface area contributed by atoms with Gasteiger partial charge in [0.2, 0.25) is 0 Å². The van der Waals surface area contributed by atoms with Gasteiger partial charge in [0.25, 0.3) is 5.91 Å². The van der Waals surface area contributed by atoms with E-state index in [0.29, 0.717) is 15.2 Å². The Kier molecular flexibility index (Phi) is 6.07. The van der Waals surface area contributed by atoms with E-state index in [0.717, 1.165) is 0 Å². The number of aliphatic hydroxyl groups excluding tert-OH is 1. The van der Waals surface area contributed by atoms with Crippen LogP contribution in [0.4, 0.5) is 0 Å². The number of aliphatic hydroxyl groups is 1. The highest BCUT2D eigenvalue weighted by molar-refractivity contribution is 9.10. The van der Waals surface area contributed by atoms with Gasteiger partial charge >= 0.3 is 5.97 Å². The van der Waals surface area contributed by atoms with Crippen LogP contribution in [0.1, 0.15) is 0 Å². The van der Waals surface area contributed by atoms with Crippen molar-refractivity contribution in [2.45, 2.75) is 6.04 Å². The Balaban J connectivity index is 2.52. The molecule has 0 heterocycles. The van der Waals surface area contributed by atoms with E-state index in [-0.39, 0.29) is 6.61 Å². The SMILES string of the molecule is O=C(COc1ccc(Cl)cc1Br)NC(CO)C(=O)O. The fourth-order valence-electron chi connectivity index (χ4n) is 1.16. The van der Waals surface area contributed by atoms with E-state index in [1.807, 2.05) is 0 Å². The van der Waals surface area contributed by atoms with E-state index < -0.39 is 24.5 Å². The van der Waals surface area contributed by atoms with Crippen molar-refractivity contribution in [1.82, 2.24) is 5.32 Å². The van der Waals surface area contributed by atoms with Crippen molar-refractivity contribution in [1.29, 1.82) is 0 Å². The van der Waals surface area contributed by atoms with Gasteiger partial charge in [0.1, 0.15) is 11.8 Å². The molecule has 8 heteroatoms. The van der Waals surface area contributed by atoms with Crippen LogP contribution >= 0.6 is 27.5 Å². The summed E-state index contributed by atoms with van der Waals surface area (Å²) in [5.74, 6) is -1.57. The van der Waals surface area contributed by atoms with Crippen LogP contribution in [0.25, 0.3) is 0 Å². The van der Waals surface area contributed by atoms with Crippen LogP contribution in [-0.4, -0.2) is 41.3 Å². The van der Waals surface area contributed by atoms with Crippen LogP contribution in [0.3, 0.4) is 0 Å². The zero-order valence-electron chi connectivity index (χ0n) is 9.60. The van der Waals surface area contributed by atoms with Crippen LogP contribution < -0.4 is 10.1 Å². The summed E-state index contributed by atoms with van der Waals surface area (Å²) in [4.78, 5) is 22.0. The van der Waals surface area contributed by atoms with Crippen molar-refractivity contribution >= 4 is 39.4 Å². The molecule has 0 aliphatic heterocycles. The molecule has 0 bridgehead atoms. The number of carbonyl (C=O) groups excluding carboxylic acids is 1. The molecular weight excluding hydrogens is 341 g/mol. The maximum absolute atomic E-state index is 11.4. The van der Waals surface area contributed by atoms with Crippen LogP contribution in [0.5, 0.6) is 5.75 Å². The third-order valence-electron chi connectivity index (χ3n) is 2.07. The number of amides is 1. The summed E-state index contributed by atoms with van der Waals surface area (Å²) in [5, 5.41) is 20.0. The number of nitrogens with one attached hydrogen (secondary N) is 1. The number of hydrogen-bond donors (Lipinski definition) is 3. The smallest absolute Gasteiger partial charge is 0.328 e. The Morgan fingerprint density at radius 3 is 2.68 bits per heavy atom. The van der Waals surface area contributed by atoms with Crippen LogP contribution in [-0.2, 0) is 9.59 Å². The molecule has 6 nitrogen and oxygen atoms in total. The number of carbonyl (C=O) groups is 2. The summed E-state index contributed by atoms with van der Waals surface area (Å²) in [6.45, 7) is -1.06. The second-order valence-electron chi connectivity index (χ2n) is 3.50. The summed E-state index contributed by atoms with van der Waals surface area (Å²) >= 11 is 8.95. The Hall–Kier alpha value is -1.31. The lowest BCUT2D eigenvalue weighted by Gasteiger charge is -2.12. The van der Waals surface area contributed by atoms with Gasteiger partial charge in [-0.3, -0.25) is 4.79 Å². The number of carboxylic acid groups (broad SMARTS) is 1. The largest absolute Gasteiger partial charge is 0.483 e. The van der Waals surface area contributed by atoms with Gasteiger partial charge in [-0.05, 0) is 34.1 Å². The zero-order valence-corrected chi connectivity index (χ0v) is 11.9. The molecule has 104 valence electrons. The molecule has 1 aromatic rings. The predicted octanol–water partition coefficient (Wildman–Crippen LogP) is 1.04. The number of hydrogen-bond acceptors (Lipinski definition) is 4. The van der Waals surface area contributed by atoms with E-state index in [1.165, 1.54) is 0 Å². The number of carboxylic acids is 1. The average molecular weight is 353 g/mol. The standard InChI is InChI=1S/C11H11BrClNO5/c12-7-3-6(13)1-2-9(7)19-5-10(16)14-8(4-15)11(17)18/h1-3,8,15H,4-5H2,(H,14,16)(H,17,18). The minimum atomic E-state index is -1.34. The molecular formula is C11H11BrClNO5. The van der Waals surface area contributed by atoms with Crippen molar-refractivity contribution in [3.05, 3.63) is 27.7 Å². The first-order valence-corrected chi connectivity index (χ1v) is 6.32. The van der Waals surface area contributed by atoms with Crippen molar-refractivity contribution in [3.8, 4) is 5.75 Å². The van der Waals surface area contributed by atoms with E-state index in [9.17, 15) is 9.59 Å². The minimum Gasteiger partial charge on any atom is -0.483 e. The molecule has 1 atom stereocenters. The van der Waals surface area contributed by atoms with Crippen LogP contribution in [0.15, 0.2) is 22.7 Å². The van der Waals surface area contributed by atoms with E-state index in [4.69, 9.17) is 26.6 Å². The van der Waals surface area contributed by atoms with Gasteiger partial charge in [-0.25, -0.2) is 4.79 Å². The topological polar surface area (TPSA) is 95.9 Å². The molecule has 3 N–H and O–H groups in total. The first-order chi connectivity index (χ1) is 8.93. The van der Waals surface area contributed by atoms with Crippen molar-refractivity contribution in [2.75, 3.05) is 13.2 Å². The van der Waals surface area contributed by atoms with Crippen molar-refractivity contribution < 1.29 is 24.5 Å². The molecule has 1 aromatic carbocycles. The van der Waals surface area contributed by atoms with E-state index in [2.05, 4.69) is 21.2 Å². The Bertz CT molecular complexity index is 482. The van der Waals surface area contributed by atoms with E-state index >= 15 is 0 Å². The Morgan fingerprint density at radius 1 is 1.47 bits per heavy atom. The fraction of sp³-hybridized carbons (Fsp3) is 0.273. The highest BCUT2D eigenvalue weighted by atomic mass is 79.9. The molecule has 0 fully saturated rings. The van der Waals surface area contributed by atoms with Crippen LogP contribution in [0.2, 0.25) is 5.02 Å². The minimum absolute atomic E-state index is 0.371. The number of ether oxygens (including phenoxy) is 1. The maximum Gasteiger partial charge on any atom is 0.328 e. The number of benzene rings is 1. The second kappa shape index (κ2) is 7.32. The Labute approximate surface area is 122 Å². The lowest BCUT2D eigenvalue weighted by Crippen LogP contribution is -2.45. The third kappa shape index (κ3) is 5.06. The number of aliphatic carboxylic acids is 1. The molecule has 19 heavy (non-hydrogen) atoms. The first kappa shape index (κ1) is 15.7. The summed E-state index contributed by atoms with van der Waals surface area (Å²) in [7, 11) is 0. The summed E-state index contributed by atoms with van der Waals surface area (Å²) in [5.41, 5.74) is 0. The lowest BCUT2D eigenvalue weighted by atomic mass is 10.3. The Morgan fingerprint density at radius 2 is 2.16 bits per heavy atom. The molecule has 0 saturated carbocycles. The summed E-state index contributed by atoms with van der Waals surface area (Å²) < 4.78 is 5.76. The fourth-order valence-corrected chi connectivity index (χ4v) is 1.95. The first-order valence-electron chi connectivity index (χ1n) is 5.15. The van der Waals surface area contributed by atoms with E-state index in [1.54, 1.807) is 18.2 Å².